The lowest BCUT2D eigenvalue weighted by Crippen LogP contribution is -2.29. The van der Waals surface area contributed by atoms with Gasteiger partial charge in [0.05, 0.1) is 5.41 Å². The van der Waals surface area contributed by atoms with Crippen LogP contribution in [0.25, 0.3) is 0 Å². The van der Waals surface area contributed by atoms with Gasteiger partial charge in [0.15, 0.2) is 0 Å². The van der Waals surface area contributed by atoms with Gasteiger partial charge in [0.25, 0.3) is 0 Å². The Morgan fingerprint density at radius 3 is 1.77 bits per heavy atom. The monoisotopic (exact) mass is 194 g/mol. The highest BCUT2D eigenvalue weighted by Crippen LogP contribution is 2.69. The van der Waals surface area contributed by atoms with Gasteiger partial charge in [-0.15, -0.1) is 0 Å². The van der Waals surface area contributed by atoms with E-state index in [0.717, 1.165) is 0 Å². The summed E-state index contributed by atoms with van der Waals surface area (Å²) in [5.41, 5.74) is -1.59. The van der Waals surface area contributed by atoms with Gasteiger partial charge in [-0.1, -0.05) is 27.7 Å². The first-order chi connectivity index (χ1) is 5.65. The molecule has 0 nitrogen and oxygen atoms in total. The predicted octanol–water partition coefficient (Wildman–Crippen LogP) is 4.01. The van der Waals surface area contributed by atoms with Gasteiger partial charge >= 0.3 is 6.18 Å². The molecule has 1 fully saturated rings. The number of hydrogen-bond donors (Lipinski definition) is 0. The van der Waals surface area contributed by atoms with Crippen molar-refractivity contribution in [1.29, 1.82) is 0 Å². The van der Waals surface area contributed by atoms with Crippen molar-refractivity contribution in [1.82, 2.24) is 0 Å². The van der Waals surface area contributed by atoms with E-state index in [-0.39, 0.29) is 17.8 Å². The highest BCUT2D eigenvalue weighted by atomic mass is 19.4. The molecule has 1 aliphatic rings. The van der Waals surface area contributed by atoms with Crippen LogP contribution in [0.3, 0.4) is 0 Å². The summed E-state index contributed by atoms with van der Waals surface area (Å²) in [7, 11) is 0. The maximum absolute atomic E-state index is 12.7. The van der Waals surface area contributed by atoms with E-state index in [4.69, 9.17) is 0 Å². The zero-order valence-corrected chi connectivity index (χ0v) is 8.63. The molecule has 1 aliphatic carbocycles. The summed E-state index contributed by atoms with van der Waals surface area (Å²) in [4.78, 5) is 0. The van der Waals surface area contributed by atoms with Crippen molar-refractivity contribution in [2.45, 2.75) is 46.7 Å². The third-order valence-corrected chi connectivity index (χ3v) is 3.32. The molecule has 0 radical (unpaired) electrons. The van der Waals surface area contributed by atoms with E-state index >= 15 is 0 Å². The van der Waals surface area contributed by atoms with Gasteiger partial charge in [-0.25, -0.2) is 0 Å². The highest BCUT2D eigenvalue weighted by molar-refractivity contribution is 5.10. The van der Waals surface area contributed by atoms with Crippen LogP contribution in [0.15, 0.2) is 0 Å². The summed E-state index contributed by atoms with van der Waals surface area (Å²) in [5, 5.41) is 0. The molecule has 0 bridgehead atoms. The number of halogens is 3. The Kier molecular flexibility index (Phi) is 2.21. The molecule has 0 heterocycles. The summed E-state index contributed by atoms with van der Waals surface area (Å²) >= 11 is 0. The number of alkyl halides is 3. The molecule has 0 aromatic heterocycles. The zero-order chi connectivity index (χ0) is 10.5. The minimum atomic E-state index is -4.01. The van der Waals surface area contributed by atoms with Crippen LogP contribution in [0, 0.1) is 16.7 Å². The Morgan fingerprint density at radius 2 is 1.69 bits per heavy atom. The molecular formula is C10H17F3. The molecular weight excluding hydrogens is 177 g/mol. The van der Waals surface area contributed by atoms with E-state index < -0.39 is 11.6 Å². The van der Waals surface area contributed by atoms with E-state index in [0.29, 0.717) is 6.42 Å². The Morgan fingerprint density at radius 1 is 1.23 bits per heavy atom. The molecule has 0 N–H and O–H groups in total. The second-order valence-corrected chi connectivity index (χ2v) is 5.13. The maximum Gasteiger partial charge on any atom is 0.394 e. The second kappa shape index (κ2) is 2.64. The van der Waals surface area contributed by atoms with Crippen LogP contribution in [0.5, 0.6) is 0 Å². The highest BCUT2D eigenvalue weighted by Gasteiger charge is 2.71. The van der Waals surface area contributed by atoms with Crippen LogP contribution in [-0.2, 0) is 0 Å². The number of hydrogen-bond acceptors (Lipinski definition) is 0. The van der Waals surface area contributed by atoms with Gasteiger partial charge in [-0.05, 0) is 24.2 Å². The molecule has 0 aromatic rings. The van der Waals surface area contributed by atoms with Crippen LogP contribution in [0.1, 0.15) is 40.5 Å². The van der Waals surface area contributed by atoms with Crippen molar-refractivity contribution in [3.8, 4) is 0 Å². The minimum absolute atomic E-state index is 0.190. The van der Waals surface area contributed by atoms with Crippen molar-refractivity contribution >= 4 is 0 Å². The van der Waals surface area contributed by atoms with E-state index in [1.807, 2.05) is 20.8 Å². The molecule has 2 atom stereocenters. The first-order valence-electron chi connectivity index (χ1n) is 4.72. The summed E-state index contributed by atoms with van der Waals surface area (Å²) in [6.07, 6.45) is -3.48. The predicted molar refractivity (Wildman–Crippen MR) is 46.3 cm³/mol. The number of rotatable bonds is 1. The summed E-state index contributed by atoms with van der Waals surface area (Å²) < 4.78 is 38.0. The zero-order valence-electron chi connectivity index (χ0n) is 8.63. The van der Waals surface area contributed by atoms with Crippen molar-refractivity contribution in [2.75, 3.05) is 0 Å². The lowest BCUT2D eigenvalue weighted by atomic mass is 9.83. The van der Waals surface area contributed by atoms with Crippen molar-refractivity contribution in [3.05, 3.63) is 0 Å². The normalized spacial score (nSPS) is 34.8. The molecule has 1 saturated carbocycles. The third-order valence-electron chi connectivity index (χ3n) is 3.32. The van der Waals surface area contributed by atoms with Crippen LogP contribution < -0.4 is 0 Å². The van der Waals surface area contributed by atoms with Crippen molar-refractivity contribution in [3.63, 3.8) is 0 Å². The van der Waals surface area contributed by atoms with Gasteiger partial charge in [-0.3, -0.25) is 0 Å². The standard InChI is InChI=1S/C10H17F3/c1-5-9(10(11,12)13)6-7(9)8(2,3)4/h7H,5-6H2,1-4H3. The van der Waals surface area contributed by atoms with E-state index in [1.165, 1.54) is 0 Å². The maximum atomic E-state index is 12.7. The topological polar surface area (TPSA) is 0 Å². The minimum Gasteiger partial charge on any atom is -0.170 e. The van der Waals surface area contributed by atoms with Crippen LogP contribution >= 0.6 is 0 Å². The lowest BCUT2D eigenvalue weighted by Gasteiger charge is -2.26. The molecule has 78 valence electrons. The molecule has 0 aliphatic heterocycles. The van der Waals surface area contributed by atoms with Gasteiger partial charge in [-0.2, -0.15) is 13.2 Å². The van der Waals surface area contributed by atoms with Gasteiger partial charge in [0.1, 0.15) is 0 Å². The first kappa shape index (κ1) is 10.9. The van der Waals surface area contributed by atoms with Crippen LogP contribution in [0.4, 0.5) is 13.2 Å². The lowest BCUT2D eigenvalue weighted by molar-refractivity contribution is -0.196. The second-order valence-electron chi connectivity index (χ2n) is 5.13. The average Bonchev–Trinajstić information content (AvgIpc) is 2.57. The van der Waals surface area contributed by atoms with Gasteiger partial charge in [0, 0.05) is 0 Å². The van der Waals surface area contributed by atoms with E-state index in [1.54, 1.807) is 6.92 Å². The fraction of sp³-hybridized carbons (Fsp3) is 1.00. The summed E-state index contributed by atoms with van der Waals surface area (Å²) in [6.45, 7) is 7.31. The van der Waals surface area contributed by atoms with Crippen molar-refractivity contribution < 1.29 is 13.2 Å². The Hall–Kier alpha value is -0.210. The molecule has 13 heavy (non-hydrogen) atoms. The molecule has 2 unspecified atom stereocenters. The first-order valence-corrected chi connectivity index (χ1v) is 4.72. The Balaban J connectivity index is 2.82. The molecule has 3 heteroatoms. The van der Waals surface area contributed by atoms with Gasteiger partial charge < -0.3 is 0 Å². The van der Waals surface area contributed by atoms with Gasteiger partial charge in [0.2, 0.25) is 0 Å². The average molecular weight is 194 g/mol. The van der Waals surface area contributed by atoms with Crippen LogP contribution in [0.2, 0.25) is 0 Å². The quantitative estimate of drug-likeness (QED) is 0.591. The third kappa shape index (κ3) is 1.57. The molecule has 1 rings (SSSR count). The summed E-state index contributed by atoms with van der Waals surface area (Å²) in [5.74, 6) is -0.190. The molecule has 0 amide bonds. The fourth-order valence-electron chi connectivity index (χ4n) is 2.34. The van der Waals surface area contributed by atoms with Crippen molar-refractivity contribution in [2.24, 2.45) is 16.7 Å². The summed E-state index contributed by atoms with van der Waals surface area (Å²) in [6, 6.07) is 0. The Labute approximate surface area is 77.5 Å². The largest absolute Gasteiger partial charge is 0.394 e. The smallest absolute Gasteiger partial charge is 0.170 e. The van der Waals surface area contributed by atoms with E-state index in [2.05, 4.69) is 0 Å². The Bertz CT molecular complexity index is 199. The molecule has 0 spiro atoms. The SMILES string of the molecule is CCC1(C(F)(F)F)CC1C(C)(C)C. The molecule has 0 saturated heterocycles. The fourth-order valence-corrected chi connectivity index (χ4v) is 2.34. The van der Waals surface area contributed by atoms with E-state index in [9.17, 15) is 13.2 Å². The molecule has 0 aromatic carbocycles. The van der Waals surface area contributed by atoms with Crippen LogP contribution in [-0.4, -0.2) is 6.18 Å².